The number of carboxylic acid groups (broad SMARTS) is 1. The van der Waals surface area contributed by atoms with Gasteiger partial charge in [-0.25, -0.2) is 4.79 Å². The van der Waals surface area contributed by atoms with Crippen LogP contribution in [-0.4, -0.2) is 52.7 Å². The third-order valence-electron chi connectivity index (χ3n) is 3.05. The van der Waals surface area contributed by atoms with E-state index in [4.69, 9.17) is 9.84 Å². The summed E-state index contributed by atoms with van der Waals surface area (Å²) in [5.74, 6) is -1.00. The summed E-state index contributed by atoms with van der Waals surface area (Å²) in [6.45, 7) is 0.891. The highest BCUT2D eigenvalue weighted by atomic mass is 79.9. The number of nitrogens with zero attached hydrogens (tertiary/aromatic N) is 1. The summed E-state index contributed by atoms with van der Waals surface area (Å²) in [4.78, 5) is 27.2. The fourth-order valence-electron chi connectivity index (χ4n) is 2.08. The maximum atomic E-state index is 12.1. The van der Waals surface area contributed by atoms with Gasteiger partial charge in [-0.1, -0.05) is 0 Å². The van der Waals surface area contributed by atoms with Crippen LogP contribution >= 0.6 is 15.9 Å². The SMILES string of the molecule is O=C(O)COC1CCN(C(=O)c2cc(Br)c[nH]2)CC1. The topological polar surface area (TPSA) is 82.6 Å². The van der Waals surface area contributed by atoms with E-state index in [0.29, 0.717) is 31.6 Å². The van der Waals surface area contributed by atoms with Gasteiger partial charge in [0.05, 0.1) is 6.10 Å². The monoisotopic (exact) mass is 330 g/mol. The van der Waals surface area contributed by atoms with E-state index in [-0.39, 0.29) is 18.6 Å². The lowest BCUT2D eigenvalue weighted by Crippen LogP contribution is -2.41. The van der Waals surface area contributed by atoms with Crippen molar-refractivity contribution < 1.29 is 19.4 Å². The Morgan fingerprint density at radius 1 is 1.47 bits per heavy atom. The summed E-state index contributed by atoms with van der Waals surface area (Å²) >= 11 is 3.29. The number of ether oxygens (including phenoxy) is 1. The molecule has 104 valence electrons. The molecule has 2 rings (SSSR count). The Balaban J connectivity index is 1.83. The number of amides is 1. The van der Waals surface area contributed by atoms with Crippen LogP contribution in [0.4, 0.5) is 0 Å². The first-order valence-electron chi connectivity index (χ1n) is 6.03. The van der Waals surface area contributed by atoms with E-state index in [1.165, 1.54) is 0 Å². The van der Waals surface area contributed by atoms with Crippen LogP contribution in [0.3, 0.4) is 0 Å². The second-order valence-corrected chi connectivity index (χ2v) is 5.34. The molecule has 0 bridgehead atoms. The first-order chi connectivity index (χ1) is 9.06. The molecule has 0 radical (unpaired) electrons. The first kappa shape index (κ1) is 14.1. The molecule has 1 amide bonds. The zero-order valence-electron chi connectivity index (χ0n) is 10.3. The molecule has 19 heavy (non-hydrogen) atoms. The number of likely N-dealkylation sites (tertiary alicyclic amines) is 1. The van der Waals surface area contributed by atoms with Gasteiger partial charge in [-0.15, -0.1) is 0 Å². The average molecular weight is 331 g/mol. The lowest BCUT2D eigenvalue weighted by Gasteiger charge is -2.31. The summed E-state index contributed by atoms with van der Waals surface area (Å²) in [7, 11) is 0. The molecule has 1 fully saturated rings. The highest BCUT2D eigenvalue weighted by Gasteiger charge is 2.25. The van der Waals surface area contributed by atoms with Crippen LogP contribution in [-0.2, 0) is 9.53 Å². The quantitative estimate of drug-likeness (QED) is 0.876. The number of rotatable bonds is 4. The maximum Gasteiger partial charge on any atom is 0.329 e. The van der Waals surface area contributed by atoms with Gasteiger partial charge in [-0.2, -0.15) is 0 Å². The number of aromatic nitrogens is 1. The Morgan fingerprint density at radius 2 is 2.16 bits per heavy atom. The van der Waals surface area contributed by atoms with Gasteiger partial charge in [0.1, 0.15) is 12.3 Å². The summed E-state index contributed by atoms with van der Waals surface area (Å²) in [6, 6.07) is 1.75. The summed E-state index contributed by atoms with van der Waals surface area (Å²) in [6.07, 6.45) is 2.98. The molecule has 0 aliphatic carbocycles. The van der Waals surface area contributed by atoms with E-state index >= 15 is 0 Å². The number of H-pyrrole nitrogens is 1. The number of carbonyl (C=O) groups excluding carboxylic acids is 1. The largest absolute Gasteiger partial charge is 0.480 e. The number of carbonyl (C=O) groups is 2. The van der Waals surface area contributed by atoms with Gasteiger partial charge >= 0.3 is 5.97 Å². The fraction of sp³-hybridized carbons (Fsp3) is 0.500. The third kappa shape index (κ3) is 3.81. The van der Waals surface area contributed by atoms with E-state index in [0.717, 1.165) is 4.47 Å². The predicted molar refractivity (Wildman–Crippen MR) is 71.0 cm³/mol. The fourth-order valence-corrected chi connectivity index (χ4v) is 2.42. The Hall–Kier alpha value is -1.34. The van der Waals surface area contributed by atoms with Crippen molar-refractivity contribution in [2.24, 2.45) is 0 Å². The molecule has 0 atom stereocenters. The van der Waals surface area contributed by atoms with Crippen molar-refractivity contribution in [3.8, 4) is 0 Å². The second-order valence-electron chi connectivity index (χ2n) is 4.43. The van der Waals surface area contributed by atoms with Crippen LogP contribution < -0.4 is 0 Å². The molecule has 7 heteroatoms. The Bertz CT molecular complexity index is 466. The van der Waals surface area contributed by atoms with Crippen LogP contribution in [0.25, 0.3) is 0 Å². The van der Waals surface area contributed by atoms with Gasteiger partial charge in [-0.3, -0.25) is 4.79 Å². The molecule has 0 spiro atoms. The maximum absolute atomic E-state index is 12.1. The second kappa shape index (κ2) is 6.21. The third-order valence-corrected chi connectivity index (χ3v) is 3.51. The Kier molecular flexibility index (Phi) is 4.60. The lowest BCUT2D eigenvalue weighted by atomic mass is 10.1. The Labute approximate surface area is 118 Å². The van der Waals surface area contributed by atoms with Gasteiger partial charge in [0.15, 0.2) is 0 Å². The molecule has 1 aromatic rings. The van der Waals surface area contributed by atoms with Gasteiger partial charge in [0, 0.05) is 23.8 Å². The molecule has 1 saturated heterocycles. The van der Waals surface area contributed by atoms with Crippen LogP contribution in [0.1, 0.15) is 23.3 Å². The van der Waals surface area contributed by atoms with Crippen molar-refractivity contribution in [1.82, 2.24) is 9.88 Å². The molecule has 0 aromatic carbocycles. The highest BCUT2D eigenvalue weighted by Crippen LogP contribution is 2.17. The molecule has 1 aliphatic heterocycles. The molecule has 1 aliphatic rings. The highest BCUT2D eigenvalue weighted by molar-refractivity contribution is 9.10. The van der Waals surface area contributed by atoms with Crippen molar-refractivity contribution in [3.05, 3.63) is 22.4 Å². The van der Waals surface area contributed by atoms with Crippen LogP contribution in [0.2, 0.25) is 0 Å². The van der Waals surface area contributed by atoms with E-state index < -0.39 is 5.97 Å². The van der Waals surface area contributed by atoms with E-state index in [2.05, 4.69) is 20.9 Å². The zero-order valence-corrected chi connectivity index (χ0v) is 11.9. The number of piperidine rings is 1. The van der Waals surface area contributed by atoms with Gasteiger partial charge in [0.25, 0.3) is 5.91 Å². The Morgan fingerprint density at radius 3 is 2.68 bits per heavy atom. The van der Waals surface area contributed by atoms with E-state index in [1.54, 1.807) is 17.2 Å². The van der Waals surface area contributed by atoms with Crippen LogP contribution in [0, 0.1) is 0 Å². The smallest absolute Gasteiger partial charge is 0.329 e. The molecule has 6 nitrogen and oxygen atoms in total. The molecule has 2 heterocycles. The molecule has 0 unspecified atom stereocenters. The first-order valence-corrected chi connectivity index (χ1v) is 6.82. The average Bonchev–Trinajstić information content (AvgIpc) is 2.83. The number of carboxylic acids is 1. The van der Waals surface area contributed by atoms with E-state index in [9.17, 15) is 9.59 Å². The van der Waals surface area contributed by atoms with Crippen molar-refractivity contribution >= 4 is 27.8 Å². The van der Waals surface area contributed by atoms with Crippen molar-refractivity contribution in [3.63, 3.8) is 0 Å². The minimum Gasteiger partial charge on any atom is -0.480 e. The van der Waals surface area contributed by atoms with Crippen molar-refractivity contribution in [2.45, 2.75) is 18.9 Å². The van der Waals surface area contributed by atoms with Crippen LogP contribution in [0.5, 0.6) is 0 Å². The van der Waals surface area contributed by atoms with Crippen molar-refractivity contribution in [1.29, 1.82) is 0 Å². The zero-order chi connectivity index (χ0) is 13.8. The molecule has 2 N–H and O–H groups in total. The number of aliphatic carboxylic acids is 1. The molecular formula is C12H15BrN2O4. The molecule has 1 aromatic heterocycles. The molecular weight excluding hydrogens is 316 g/mol. The van der Waals surface area contributed by atoms with E-state index in [1.807, 2.05) is 0 Å². The normalized spacial score (nSPS) is 16.6. The number of nitrogens with one attached hydrogen (secondary N) is 1. The van der Waals surface area contributed by atoms with Gasteiger partial charge in [0.2, 0.25) is 0 Å². The summed E-state index contributed by atoms with van der Waals surface area (Å²) in [5, 5.41) is 8.54. The number of halogens is 1. The minimum absolute atomic E-state index is 0.0395. The summed E-state index contributed by atoms with van der Waals surface area (Å²) in [5.41, 5.74) is 0.553. The van der Waals surface area contributed by atoms with Gasteiger partial charge < -0.3 is 19.7 Å². The predicted octanol–water partition coefficient (Wildman–Crippen LogP) is 1.48. The number of aromatic amines is 1. The summed E-state index contributed by atoms with van der Waals surface area (Å²) < 4.78 is 6.07. The number of hydrogen-bond donors (Lipinski definition) is 2. The molecule has 0 saturated carbocycles. The number of hydrogen-bond acceptors (Lipinski definition) is 3. The standard InChI is InChI=1S/C12H15BrN2O4/c13-8-5-10(14-6-8)12(18)15-3-1-9(2-4-15)19-7-11(16)17/h5-6,9,14H,1-4,7H2,(H,16,17). The van der Waals surface area contributed by atoms with Gasteiger partial charge in [-0.05, 0) is 34.8 Å². The van der Waals surface area contributed by atoms with Crippen LogP contribution in [0.15, 0.2) is 16.7 Å². The minimum atomic E-state index is -0.963. The lowest BCUT2D eigenvalue weighted by molar-refractivity contribution is -0.145. The van der Waals surface area contributed by atoms with Crippen molar-refractivity contribution in [2.75, 3.05) is 19.7 Å².